The number of aliphatic carboxylic acids is 1. The molecule has 0 aromatic heterocycles. The Kier molecular flexibility index (Phi) is 6.84. The van der Waals surface area contributed by atoms with E-state index in [-0.39, 0.29) is 35.3 Å². The van der Waals surface area contributed by atoms with Crippen LogP contribution in [-0.2, 0) is 4.79 Å². The molecule has 0 fully saturated rings. The maximum atomic E-state index is 12.3. The van der Waals surface area contributed by atoms with Gasteiger partial charge in [-0.2, -0.15) is 0 Å². The zero-order chi connectivity index (χ0) is 16.3. The molecule has 2 aromatic carbocycles. The van der Waals surface area contributed by atoms with Crippen molar-refractivity contribution in [2.75, 3.05) is 0 Å². The molecule has 23 heavy (non-hydrogen) atoms. The number of halogens is 1. The van der Waals surface area contributed by atoms with Crippen LogP contribution in [0.2, 0.25) is 5.02 Å². The molecule has 2 aromatic rings. The van der Waals surface area contributed by atoms with Crippen LogP contribution in [0.3, 0.4) is 0 Å². The minimum absolute atomic E-state index is 0. The second-order valence-electron chi connectivity index (χ2n) is 5.28. The average molecular weight is 342 g/mol. The second kappa shape index (κ2) is 7.97. The van der Waals surface area contributed by atoms with E-state index < -0.39 is 11.6 Å². The molecule has 0 bridgehead atoms. The van der Waals surface area contributed by atoms with Gasteiger partial charge in [0.1, 0.15) is 5.75 Å². The molecule has 0 aliphatic carbocycles. The van der Waals surface area contributed by atoms with Crippen molar-refractivity contribution in [1.29, 1.82) is 0 Å². The normalized spacial score (nSPS) is 10.6. The Balaban J connectivity index is 0.00000264. The summed E-state index contributed by atoms with van der Waals surface area (Å²) < 4.78 is 5.39. The number of ketones is 1. The second-order valence-corrected chi connectivity index (χ2v) is 5.71. The number of ether oxygens (including phenoxy) is 1. The van der Waals surface area contributed by atoms with Gasteiger partial charge in [-0.05, 0) is 62.4 Å². The van der Waals surface area contributed by atoms with Crippen molar-refractivity contribution >= 4 is 52.9 Å². The number of hydrogen-bond acceptors (Lipinski definition) is 3. The fourth-order valence-corrected chi connectivity index (χ4v) is 1.91. The van der Waals surface area contributed by atoms with E-state index in [4.69, 9.17) is 21.4 Å². The van der Waals surface area contributed by atoms with Crippen LogP contribution in [0.4, 0.5) is 0 Å². The zero-order valence-corrected chi connectivity index (χ0v) is 15.9. The first-order chi connectivity index (χ1) is 10.3. The van der Waals surface area contributed by atoms with Crippen LogP contribution in [0.5, 0.6) is 5.75 Å². The van der Waals surface area contributed by atoms with E-state index in [1.165, 1.54) is 13.8 Å². The van der Waals surface area contributed by atoms with Gasteiger partial charge in [-0.15, -0.1) is 0 Å². The molecule has 0 aliphatic heterocycles. The Morgan fingerprint density at radius 2 is 1.39 bits per heavy atom. The van der Waals surface area contributed by atoms with E-state index >= 15 is 0 Å². The predicted molar refractivity (Wildman–Crippen MR) is 89.4 cm³/mol. The number of rotatable bonds is 5. The molecule has 6 heteroatoms. The average Bonchev–Trinajstić information content (AvgIpc) is 2.47. The zero-order valence-electron chi connectivity index (χ0n) is 13.2. The molecule has 2 rings (SSSR count). The van der Waals surface area contributed by atoms with E-state index in [0.29, 0.717) is 21.9 Å². The molecule has 1 radical (unpaired) electrons. The first-order valence-electron chi connectivity index (χ1n) is 6.62. The SMILES string of the molecule is CC(C)(Oc1ccc(C(=O)c2ccc(Cl)cc2)cc1)C(=O)O.[Na]. The Hall–Kier alpha value is -1.33. The third kappa shape index (κ3) is 5.08. The first-order valence-corrected chi connectivity index (χ1v) is 7.00. The van der Waals surface area contributed by atoms with Crippen molar-refractivity contribution in [3.63, 3.8) is 0 Å². The molecule has 0 saturated heterocycles. The summed E-state index contributed by atoms with van der Waals surface area (Å²) in [6.45, 7) is 2.92. The van der Waals surface area contributed by atoms with Crippen LogP contribution < -0.4 is 4.74 Å². The summed E-state index contributed by atoms with van der Waals surface area (Å²) in [5.41, 5.74) is -0.312. The van der Waals surface area contributed by atoms with E-state index in [9.17, 15) is 9.59 Å². The molecular formula is C17H15ClNaO4. The quantitative estimate of drug-likeness (QED) is 0.668. The Bertz CT molecular complexity index is 694. The van der Waals surface area contributed by atoms with Gasteiger partial charge in [-0.3, -0.25) is 4.79 Å². The molecule has 0 aliphatic rings. The molecule has 115 valence electrons. The molecule has 0 spiro atoms. The summed E-state index contributed by atoms with van der Waals surface area (Å²) in [5, 5.41) is 9.59. The van der Waals surface area contributed by atoms with E-state index in [1.54, 1.807) is 48.5 Å². The number of benzene rings is 2. The van der Waals surface area contributed by atoms with Crippen molar-refractivity contribution in [3.8, 4) is 5.75 Å². The number of carbonyl (C=O) groups excluding carboxylic acids is 1. The van der Waals surface area contributed by atoms with Crippen molar-refractivity contribution in [2.45, 2.75) is 19.4 Å². The minimum atomic E-state index is -1.33. The minimum Gasteiger partial charge on any atom is -0.478 e. The van der Waals surface area contributed by atoms with Crippen molar-refractivity contribution in [3.05, 3.63) is 64.7 Å². The van der Waals surface area contributed by atoms with E-state index in [2.05, 4.69) is 0 Å². The van der Waals surface area contributed by atoms with Gasteiger partial charge in [-0.25, -0.2) is 4.79 Å². The maximum absolute atomic E-state index is 12.3. The first kappa shape index (κ1) is 19.7. The van der Waals surface area contributed by atoms with Gasteiger partial charge >= 0.3 is 5.97 Å². The molecule has 0 atom stereocenters. The molecule has 1 N–H and O–H groups in total. The largest absolute Gasteiger partial charge is 0.478 e. The summed E-state index contributed by atoms with van der Waals surface area (Å²) in [6, 6.07) is 13.0. The maximum Gasteiger partial charge on any atom is 0.347 e. The van der Waals surface area contributed by atoms with Crippen LogP contribution in [-0.4, -0.2) is 52.0 Å². The molecule has 0 saturated carbocycles. The molecule has 0 heterocycles. The summed E-state index contributed by atoms with van der Waals surface area (Å²) >= 11 is 5.79. The van der Waals surface area contributed by atoms with Crippen LogP contribution in [0.15, 0.2) is 48.5 Å². The third-order valence-electron chi connectivity index (χ3n) is 3.11. The Morgan fingerprint density at radius 3 is 1.83 bits per heavy atom. The van der Waals surface area contributed by atoms with Crippen LogP contribution >= 0.6 is 11.6 Å². The standard InChI is InChI=1S/C17H15ClO4.Na/c1-17(2,16(20)21)22-14-9-5-12(6-10-14)15(19)11-3-7-13(18)8-4-11;/h3-10H,1-2H3,(H,20,21);. The Morgan fingerprint density at radius 1 is 0.957 bits per heavy atom. The third-order valence-corrected chi connectivity index (χ3v) is 3.36. The number of carboxylic acids is 1. The molecule has 0 amide bonds. The van der Waals surface area contributed by atoms with Crippen LogP contribution in [0.1, 0.15) is 29.8 Å². The van der Waals surface area contributed by atoms with Gasteiger partial charge in [0.15, 0.2) is 11.4 Å². The van der Waals surface area contributed by atoms with Crippen LogP contribution in [0, 0.1) is 0 Å². The van der Waals surface area contributed by atoms with Crippen molar-refractivity contribution in [1.82, 2.24) is 0 Å². The summed E-state index contributed by atoms with van der Waals surface area (Å²) in [6.07, 6.45) is 0. The van der Waals surface area contributed by atoms with Gasteiger partial charge < -0.3 is 9.84 Å². The fraction of sp³-hybridized carbons (Fsp3) is 0.176. The van der Waals surface area contributed by atoms with Gasteiger partial charge in [0, 0.05) is 45.7 Å². The van der Waals surface area contributed by atoms with Crippen molar-refractivity contribution < 1.29 is 19.4 Å². The summed E-state index contributed by atoms with van der Waals surface area (Å²) in [7, 11) is 0. The van der Waals surface area contributed by atoms with Gasteiger partial charge in [0.25, 0.3) is 0 Å². The molecular weight excluding hydrogens is 327 g/mol. The van der Waals surface area contributed by atoms with Gasteiger partial charge in [0.2, 0.25) is 0 Å². The van der Waals surface area contributed by atoms with Crippen molar-refractivity contribution in [2.24, 2.45) is 0 Å². The smallest absolute Gasteiger partial charge is 0.347 e. The summed E-state index contributed by atoms with van der Waals surface area (Å²) in [4.78, 5) is 23.3. The Labute approximate surface area is 161 Å². The number of carbonyl (C=O) groups is 2. The van der Waals surface area contributed by atoms with E-state index in [1.807, 2.05) is 0 Å². The van der Waals surface area contributed by atoms with Gasteiger partial charge in [-0.1, -0.05) is 11.6 Å². The number of hydrogen-bond donors (Lipinski definition) is 1. The fourth-order valence-electron chi connectivity index (χ4n) is 1.78. The summed E-state index contributed by atoms with van der Waals surface area (Å²) in [5.74, 6) is -0.811. The molecule has 0 unspecified atom stereocenters. The van der Waals surface area contributed by atoms with Gasteiger partial charge in [0.05, 0.1) is 0 Å². The monoisotopic (exact) mass is 341 g/mol. The van der Waals surface area contributed by atoms with Crippen LogP contribution in [0.25, 0.3) is 0 Å². The predicted octanol–water partition coefficient (Wildman–Crippen LogP) is 3.43. The number of carboxylic acid groups (broad SMARTS) is 1. The topological polar surface area (TPSA) is 63.6 Å². The molecule has 4 nitrogen and oxygen atoms in total. The van der Waals surface area contributed by atoms with E-state index in [0.717, 1.165) is 0 Å².